The Morgan fingerprint density at radius 1 is 1.23 bits per heavy atom. The second-order valence-corrected chi connectivity index (χ2v) is 8.52. The molecule has 0 spiro atoms. The van der Waals surface area contributed by atoms with Crippen LogP contribution in [-0.2, 0) is 4.79 Å². The lowest BCUT2D eigenvalue weighted by Gasteiger charge is -2.51. The minimum absolute atomic E-state index is 0.377. The van der Waals surface area contributed by atoms with Gasteiger partial charge in [-0.3, -0.25) is 0 Å². The third kappa shape index (κ3) is 2.51. The van der Waals surface area contributed by atoms with E-state index in [1.54, 1.807) is 5.57 Å². The fourth-order valence-electron chi connectivity index (χ4n) is 5.93. The summed E-state index contributed by atoms with van der Waals surface area (Å²) in [4.78, 5) is 11.1. The minimum atomic E-state index is 0.377. The fraction of sp³-hybridized carbons (Fsp3) is 0.762. The predicted octanol–water partition coefficient (Wildman–Crippen LogP) is 5.57. The number of hydrogen-bond donors (Lipinski definition) is 0. The zero-order chi connectivity index (χ0) is 15.9. The number of hydrogen-bond acceptors (Lipinski definition) is 1. The van der Waals surface area contributed by atoms with E-state index in [0.717, 1.165) is 36.5 Å². The Morgan fingerprint density at radius 2 is 2.00 bits per heavy atom. The largest absolute Gasteiger partial charge is 0.303 e. The summed E-state index contributed by atoms with van der Waals surface area (Å²) in [5, 5.41) is 0. The molecule has 6 unspecified atom stereocenters. The van der Waals surface area contributed by atoms with E-state index in [1.165, 1.54) is 44.0 Å². The van der Waals surface area contributed by atoms with Gasteiger partial charge in [-0.2, -0.15) is 0 Å². The van der Waals surface area contributed by atoms with Crippen LogP contribution in [0.2, 0.25) is 0 Å². The first-order chi connectivity index (χ1) is 10.5. The standard InChI is InChI=1S/C21H32O/c1-14-9-11-21(4)16(3)19(8-6-17(21)13-14)20-7-5-15(2)18(20)10-12-22/h12-13,15-16,18-20H,1,5-11H2,2-4H3. The van der Waals surface area contributed by atoms with Crippen molar-refractivity contribution in [2.45, 2.75) is 65.7 Å². The summed E-state index contributed by atoms with van der Waals surface area (Å²) in [6.07, 6.45) is 12.0. The molecule has 122 valence electrons. The first-order valence-electron chi connectivity index (χ1n) is 9.30. The maximum atomic E-state index is 11.1. The van der Waals surface area contributed by atoms with Gasteiger partial charge in [-0.1, -0.05) is 51.0 Å². The van der Waals surface area contributed by atoms with Crippen LogP contribution in [0.1, 0.15) is 65.7 Å². The molecule has 0 heterocycles. The molecular weight excluding hydrogens is 268 g/mol. The van der Waals surface area contributed by atoms with E-state index < -0.39 is 0 Å². The molecule has 1 nitrogen and oxygen atoms in total. The van der Waals surface area contributed by atoms with Crippen molar-refractivity contribution in [1.82, 2.24) is 0 Å². The average molecular weight is 300 g/mol. The molecule has 0 aromatic rings. The molecule has 0 aromatic carbocycles. The third-order valence-electron chi connectivity index (χ3n) is 7.63. The van der Waals surface area contributed by atoms with Crippen LogP contribution in [0.25, 0.3) is 0 Å². The van der Waals surface area contributed by atoms with Crippen LogP contribution >= 0.6 is 0 Å². The van der Waals surface area contributed by atoms with Crippen LogP contribution in [0.5, 0.6) is 0 Å². The van der Waals surface area contributed by atoms with Gasteiger partial charge in [-0.15, -0.1) is 0 Å². The van der Waals surface area contributed by atoms with Crippen molar-refractivity contribution in [3.8, 4) is 0 Å². The van der Waals surface area contributed by atoms with E-state index in [1.807, 2.05) is 0 Å². The molecule has 0 aromatic heterocycles. The van der Waals surface area contributed by atoms with Gasteiger partial charge in [-0.25, -0.2) is 0 Å². The van der Waals surface area contributed by atoms with E-state index in [2.05, 4.69) is 33.4 Å². The monoisotopic (exact) mass is 300 g/mol. The highest BCUT2D eigenvalue weighted by Gasteiger charge is 2.49. The van der Waals surface area contributed by atoms with Crippen molar-refractivity contribution in [2.24, 2.45) is 35.0 Å². The SMILES string of the molecule is C=C1C=C2CCC(C3CCC(C)C3CC=O)C(C)C2(C)CC1. The van der Waals surface area contributed by atoms with Crippen molar-refractivity contribution in [3.05, 3.63) is 23.8 Å². The predicted molar refractivity (Wildman–Crippen MR) is 92.5 cm³/mol. The summed E-state index contributed by atoms with van der Waals surface area (Å²) < 4.78 is 0. The summed E-state index contributed by atoms with van der Waals surface area (Å²) >= 11 is 0. The highest BCUT2D eigenvalue weighted by atomic mass is 16.1. The Labute approximate surface area is 136 Å². The van der Waals surface area contributed by atoms with Crippen molar-refractivity contribution in [3.63, 3.8) is 0 Å². The number of allylic oxidation sites excluding steroid dienone is 3. The smallest absolute Gasteiger partial charge is 0.120 e. The van der Waals surface area contributed by atoms with Crippen LogP contribution in [-0.4, -0.2) is 6.29 Å². The molecular formula is C21H32O. The number of aldehydes is 1. The number of rotatable bonds is 3. The minimum Gasteiger partial charge on any atom is -0.303 e. The normalized spacial score (nSPS) is 45.3. The number of fused-ring (bicyclic) bond motifs is 1. The summed E-state index contributed by atoms with van der Waals surface area (Å²) in [6.45, 7) is 11.5. The van der Waals surface area contributed by atoms with E-state index >= 15 is 0 Å². The third-order valence-corrected chi connectivity index (χ3v) is 7.63. The summed E-state index contributed by atoms with van der Waals surface area (Å²) in [5.41, 5.74) is 3.36. The summed E-state index contributed by atoms with van der Waals surface area (Å²) in [5.74, 6) is 3.70. The lowest BCUT2D eigenvalue weighted by atomic mass is 9.53. The zero-order valence-electron chi connectivity index (χ0n) is 14.6. The van der Waals surface area contributed by atoms with Gasteiger partial charge in [0.2, 0.25) is 0 Å². The van der Waals surface area contributed by atoms with Crippen molar-refractivity contribution in [2.75, 3.05) is 0 Å². The van der Waals surface area contributed by atoms with Gasteiger partial charge in [-0.05, 0) is 67.1 Å². The molecule has 2 fully saturated rings. The average Bonchev–Trinajstić information content (AvgIpc) is 2.84. The van der Waals surface area contributed by atoms with Crippen LogP contribution < -0.4 is 0 Å². The maximum absolute atomic E-state index is 11.1. The van der Waals surface area contributed by atoms with E-state index in [0.29, 0.717) is 11.3 Å². The van der Waals surface area contributed by atoms with Crippen LogP contribution in [0.4, 0.5) is 0 Å². The maximum Gasteiger partial charge on any atom is 0.120 e. The van der Waals surface area contributed by atoms with Crippen molar-refractivity contribution < 1.29 is 4.79 Å². The lowest BCUT2D eigenvalue weighted by Crippen LogP contribution is -2.42. The van der Waals surface area contributed by atoms with Gasteiger partial charge >= 0.3 is 0 Å². The molecule has 0 bridgehead atoms. The first-order valence-corrected chi connectivity index (χ1v) is 9.30. The highest BCUT2D eigenvalue weighted by molar-refractivity contribution is 5.50. The van der Waals surface area contributed by atoms with Gasteiger partial charge < -0.3 is 4.79 Å². The topological polar surface area (TPSA) is 17.1 Å². The quantitative estimate of drug-likeness (QED) is 0.623. The molecule has 0 aliphatic heterocycles. The van der Waals surface area contributed by atoms with Gasteiger partial charge in [0.25, 0.3) is 0 Å². The molecule has 2 saturated carbocycles. The van der Waals surface area contributed by atoms with E-state index in [-0.39, 0.29) is 0 Å². The van der Waals surface area contributed by atoms with E-state index in [9.17, 15) is 4.79 Å². The van der Waals surface area contributed by atoms with Crippen molar-refractivity contribution in [1.29, 1.82) is 0 Å². The molecule has 0 N–H and O–H groups in total. The van der Waals surface area contributed by atoms with Crippen LogP contribution in [0, 0.1) is 35.0 Å². The molecule has 3 aliphatic carbocycles. The van der Waals surface area contributed by atoms with Gasteiger partial charge in [0.1, 0.15) is 6.29 Å². The Morgan fingerprint density at radius 3 is 2.73 bits per heavy atom. The second kappa shape index (κ2) is 5.98. The molecule has 0 saturated heterocycles. The Balaban J connectivity index is 1.83. The van der Waals surface area contributed by atoms with Crippen LogP contribution in [0.3, 0.4) is 0 Å². The fourth-order valence-corrected chi connectivity index (χ4v) is 5.93. The molecule has 0 radical (unpaired) electrons. The zero-order valence-corrected chi connectivity index (χ0v) is 14.6. The van der Waals surface area contributed by atoms with Crippen molar-refractivity contribution >= 4 is 6.29 Å². The Hall–Kier alpha value is -0.850. The first kappa shape index (κ1) is 16.0. The molecule has 3 rings (SSSR count). The van der Waals surface area contributed by atoms with Crippen LogP contribution in [0.15, 0.2) is 23.8 Å². The molecule has 0 amide bonds. The number of carbonyl (C=O) groups excluding carboxylic acids is 1. The Bertz CT molecular complexity index is 488. The van der Waals surface area contributed by atoms with E-state index in [4.69, 9.17) is 0 Å². The lowest BCUT2D eigenvalue weighted by molar-refractivity contribution is -0.109. The summed E-state index contributed by atoms with van der Waals surface area (Å²) in [7, 11) is 0. The van der Waals surface area contributed by atoms with Gasteiger partial charge in [0.05, 0.1) is 0 Å². The highest BCUT2D eigenvalue weighted by Crippen LogP contribution is 2.58. The van der Waals surface area contributed by atoms with Gasteiger partial charge in [0, 0.05) is 6.42 Å². The molecule has 1 heteroatoms. The number of carbonyl (C=O) groups is 1. The summed E-state index contributed by atoms with van der Waals surface area (Å²) in [6, 6.07) is 0. The second-order valence-electron chi connectivity index (χ2n) is 8.52. The molecule has 3 aliphatic rings. The molecule has 6 atom stereocenters. The Kier molecular flexibility index (Phi) is 4.36. The molecule has 22 heavy (non-hydrogen) atoms. The van der Waals surface area contributed by atoms with Gasteiger partial charge in [0.15, 0.2) is 0 Å².